The van der Waals surface area contributed by atoms with Crippen LogP contribution in [0.15, 0.2) is 36.5 Å². The molecule has 0 aliphatic heterocycles. The zero-order valence-electron chi connectivity index (χ0n) is 10.2. The summed E-state index contributed by atoms with van der Waals surface area (Å²) in [5.74, 6) is -1.04. The number of aromatic amines is 1. The Labute approximate surface area is 113 Å². The zero-order valence-corrected chi connectivity index (χ0v) is 10.2. The second-order valence-electron chi connectivity index (χ2n) is 3.86. The Morgan fingerprint density at radius 2 is 2.00 bits per heavy atom. The standard InChI is InChI=1S/C12H10N4O4/c17-10(8-4-2-1-3-5-8)7-13-12(18)11-9(16(19)20)6-14-15-11/h1-6H,7H2,(H,13,18)(H,14,15). The largest absolute Gasteiger partial charge is 0.343 e. The molecule has 2 aromatic rings. The Balaban J connectivity index is 2.01. The van der Waals surface area contributed by atoms with Crippen LogP contribution in [0.2, 0.25) is 0 Å². The monoisotopic (exact) mass is 274 g/mol. The van der Waals surface area contributed by atoms with Crippen LogP contribution in [0.25, 0.3) is 0 Å². The molecule has 0 aliphatic rings. The van der Waals surface area contributed by atoms with E-state index in [1.807, 2.05) is 0 Å². The molecular weight excluding hydrogens is 264 g/mol. The van der Waals surface area contributed by atoms with E-state index in [1.54, 1.807) is 30.3 Å². The van der Waals surface area contributed by atoms with Crippen LogP contribution in [0, 0.1) is 10.1 Å². The summed E-state index contributed by atoms with van der Waals surface area (Å²) in [6.07, 6.45) is 0.938. The van der Waals surface area contributed by atoms with Gasteiger partial charge in [0.05, 0.1) is 11.5 Å². The third-order valence-corrected chi connectivity index (χ3v) is 2.55. The van der Waals surface area contributed by atoms with Crippen molar-refractivity contribution >= 4 is 17.4 Å². The highest BCUT2D eigenvalue weighted by Gasteiger charge is 2.22. The fourth-order valence-electron chi connectivity index (χ4n) is 1.56. The quantitative estimate of drug-likeness (QED) is 0.477. The molecule has 0 bridgehead atoms. The van der Waals surface area contributed by atoms with E-state index in [4.69, 9.17) is 0 Å². The van der Waals surface area contributed by atoms with Gasteiger partial charge in [0.25, 0.3) is 5.91 Å². The van der Waals surface area contributed by atoms with Crippen molar-refractivity contribution in [3.8, 4) is 0 Å². The molecule has 1 aromatic heterocycles. The van der Waals surface area contributed by atoms with Gasteiger partial charge in [-0.15, -0.1) is 0 Å². The zero-order chi connectivity index (χ0) is 14.5. The van der Waals surface area contributed by atoms with Gasteiger partial charge < -0.3 is 5.32 Å². The number of nitrogens with zero attached hydrogens (tertiary/aromatic N) is 2. The minimum absolute atomic E-state index is 0.251. The van der Waals surface area contributed by atoms with Crippen molar-refractivity contribution in [2.75, 3.05) is 6.54 Å². The van der Waals surface area contributed by atoms with Crippen LogP contribution in [0.3, 0.4) is 0 Å². The van der Waals surface area contributed by atoms with Crippen molar-refractivity contribution in [1.29, 1.82) is 0 Å². The van der Waals surface area contributed by atoms with Crippen LogP contribution in [0.1, 0.15) is 20.8 Å². The van der Waals surface area contributed by atoms with Crippen molar-refractivity contribution in [2.45, 2.75) is 0 Å². The Morgan fingerprint density at radius 1 is 1.30 bits per heavy atom. The summed E-state index contributed by atoms with van der Waals surface area (Å²) in [6, 6.07) is 8.41. The molecule has 0 fully saturated rings. The molecule has 0 aliphatic carbocycles. The summed E-state index contributed by atoms with van der Waals surface area (Å²) in [4.78, 5) is 33.4. The van der Waals surface area contributed by atoms with Gasteiger partial charge in [-0.3, -0.25) is 24.8 Å². The van der Waals surface area contributed by atoms with E-state index in [2.05, 4.69) is 15.5 Å². The van der Waals surface area contributed by atoms with E-state index >= 15 is 0 Å². The van der Waals surface area contributed by atoms with E-state index in [0.717, 1.165) is 6.20 Å². The molecule has 20 heavy (non-hydrogen) atoms. The Morgan fingerprint density at radius 3 is 2.65 bits per heavy atom. The first-order chi connectivity index (χ1) is 9.59. The number of carbonyl (C=O) groups is 2. The molecule has 2 rings (SSSR count). The number of benzene rings is 1. The van der Waals surface area contributed by atoms with E-state index in [-0.39, 0.29) is 18.0 Å². The summed E-state index contributed by atoms with van der Waals surface area (Å²) in [5, 5.41) is 18.6. The number of aromatic nitrogens is 2. The molecule has 2 N–H and O–H groups in total. The Bertz CT molecular complexity index is 650. The van der Waals surface area contributed by atoms with Crippen molar-refractivity contribution < 1.29 is 14.5 Å². The SMILES string of the molecule is O=C(CNC(=O)c1[nH]ncc1[N+](=O)[O-])c1ccccc1. The minimum atomic E-state index is -0.751. The molecule has 0 saturated heterocycles. The van der Waals surface area contributed by atoms with Gasteiger partial charge in [0, 0.05) is 5.56 Å². The summed E-state index contributed by atoms with van der Waals surface area (Å²) >= 11 is 0. The van der Waals surface area contributed by atoms with Crippen molar-refractivity contribution in [2.24, 2.45) is 0 Å². The third-order valence-electron chi connectivity index (χ3n) is 2.55. The average molecular weight is 274 g/mol. The lowest BCUT2D eigenvalue weighted by Crippen LogP contribution is -2.30. The summed E-state index contributed by atoms with van der Waals surface area (Å²) in [6.45, 7) is -0.251. The molecule has 8 heteroatoms. The molecule has 102 valence electrons. The maximum absolute atomic E-state index is 11.8. The fourth-order valence-corrected chi connectivity index (χ4v) is 1.56. The van der Waals surface area contributed by atoms with Gasteiger partial charge in [-0.05, 0) is 0 Å². The average Bonchev–Trinajstić information content (AvgIpc) is 2.95. The lowest BCUT2D eigenvalue weighted by atomic mass is 10.1. The molecule has 1 amide bonds. The molecule has 0 unspecified atom stereocenters. The molecule has 1 heterocycles. The predicted octanol–water partition coefficient (Wildman–Crippen LogP) is 0.931. The molecule has 0 spiro atoms. The van der Waals surface area contributed by atoms with Crippen LogP contribution >= 0.6 is 0 Å². The number of nitrogens with one attached hydrogen (secondary N) is 2. The van der Waals surface area contributed by atoms with Gasteiger partial charge in [0.15, 0.2) is 5.78 Å². The fraction of sp³-hybridized carbons (Fsp3) is 0.0833. The first-order valence-electron chi connectivity index (χ1n) is 5.64. The predicted molar refractivity (Wildman–Crippen MR) is 68.3 cm³/mol. The van der Waals surface area contributed by atoms with E-state index < -0.39 is 16.5 Å². The lowest BCUT2D eigenvalue weighted by molar-refractivity contribution is -0.385. The second kappa shape index (κ2) is 5.74. The van der Waals surface area contributed by atoms with Crippen molar-refractivity contribution in [1.82, 2.24) is 15.5 Å². The molecule has 0 atom stereocenters. The van der Waals surface area contributed by atoms with E-state index in [9.17, 15) is 19.7 Å². The highest BCUT2D eigenvalue weighted by Crippen LogP contribution is 2.13. The van der Waals surface area contributed by atoms with Gasteiger partial charge >= 0.3 is 5.69 Å². The number of hydrogen-bond acceptors (Lipinski definition) is 5. The molecule has 8 nitrogen and oxygen atoms in total. The second-order valence-corrected chi connectivity index (χ2v) is 3.86. The van der Waals surface area contributed by atoms with Gasteiger partial charge in [-0.25, -0.2) is 0 Å². The maximum Gasteiger partial charge on any atom is 0.319 e. The number of H-pyrrole nitrogens is 1. The number of rotatable bonds is 5. The number of Topliss-reactive ketones (excluding diaryl/α,β-unsaturated/α-hetero) is 1. The van der Waals surface area contributed by atoms with Crippen LogP contribution in [-0.2, 0) is 0 Å². The maximum atomic E-state index is 11.8. The summed E-state index contributed by atoms with van der Waals surface area (Å²) in [5.41, 5.74) is -0.266. The van der Waals surface area contributed by atoms with Gasteiger partial charge in [-0.1, -0.05) is 30.3 Å². The molecule has 1 aromatic carbocycles. The third kappa shape index (κ3) is 2.86. The van der Waals surface area contributed by atoms with Crippen LogP contribution in [-0.4, -0.2) is 33.4 Å². The normalized spacial score (nSPS) is 10.0. The molecular formula is C12H10N4O4. The van der Waals surface area contributed by atoms with E-state index in [1.165, 1.54) is 0 Å². The number of ketones is 1. The minimum Gasteiger partial charge on any atom is -0.343 e. The molecule has 0 saturated carbocycles. The highest BCUT2D eigenvalue weighted by atomic mass is 16.6. The van der Waals surface area contributed by atoms with Gasteiger partial charge in [0.2, 0.25) is 5.69 Å². The van der Waals surface area contributed by atoms with Gasteiger partial charge in [0.1, 0.15) is 6.20 Å². The van der Waals surface area contributed by atoms with Crippen molar-refractivity contribution in [3.05, 3.63) is 57.9 Å². The first kappa shape index (κ1) is 13.4. The topological polar surface area (TPSA) is 118 Å². The summed E-state index contributed by atoms with van der Waals surface area (Å²) in [7, 11) is 0. The first-order valence-corrected chi connectivity index (χ1v) is 5.64. The summed E-state index contributed by atoms with van der Waals surface area (Å²) < 4.78 is 0. The smallest absolute Gasteiger partial charge is 0.319 e. The number of amides is 1. The highest BCUT2D eigenvalue weighted by molar-refractivity contribution is 6.02. The number of hydrogen-bond donors (Lipinski definition) is 2. The number of carbonyl (C=O) groups excluding carboxylic acids is 2. The van der Waals surface area contributed by atoms with Gasteiger partial charge in [-0.2, -0.15) is 5.10 Å². The number of nitro groups is 1. The van der Waals surface area contributed by atoms with Crippen molar-refractivity contribution in [3.63, 3.8) is 0 Å². The molecule has 0 radical (unpaired) electrons. The van der Waals surface area contributed by atoms with Crippen LogP contribution < -0.4 is 5.32 Å². The van der Waals surface area contributed by atoms with E-state index in [0.29, 0.717) is 5.56 Å². The van der Waals surface area contributed by atoms with Crippen LogP contribution in [0.5, 0.6) is 0 Å². The Kier molecular flexibility index (Phi) is 3.85. The lowest BCUT2D eigenvalue weighted by Gasteiger charge is -2.03. The van der Waals surface area contributed by atoms with Crippen LogP contribution in [0.4, 0.5) is 5.69 Å². The Hall–Kier alpha value is -3.03.